The number of aromatic nitrogens is 2. The van der Waals surface area contributed by atoms with Crippen LogP contribution in [-0.4, -0.2) is 35.8 Å². The minimum absolute atomic E-state index is 0.0142. The number of ether oxygens (including phenoxy) is 2. The molecule has 1 aromatic heterocycles. The number of hydrogen-bond acceptors (Lipinski definition) is 6. The van der Waals surface area contributed by atoms with E-state index in [4.69, 9.17) is 9.47 Å². The van der Waals surface area contributed by atoms with Gasteiger partial charge in [-0.15, -0.1) is 0 Å². The lowest BCUT2D eigenvalue weighted by Gasteiger charge is -2.24. The number of nitrogens with zero attached hydrogens (tertiary/aromatic N) is 3. The first-order valence-electron chi connectivity index (χ1n) is 13.0. The summed E-state index contributed by atoms with van der Waals surface area (Å²) in [5.74, 6) is 2.23. The number of amides is 1. The molecule has 2 aromatic carbocycles. The average molecular weight is 503 g/mol. The number of carbonyl (C=O) groups excluding carboxylic acids is 1. The minimum Gasteiger partial charge on any atom is -0.496 e. The Labute approximate surface area is 220 Å². The molecule has 1 aliphatic rings. The van der Waals surface area contributed by atoms with E-state index in [-0.39, 0.29) is 29.5 Å². The number of benzene rings is 2. The predicted molar refractivity (Wildman–Crippen MR) is 148 cm³/mol. The van der Waals surface area contributed by atoms with Crippen molar-refractivity contribution < 1.29 is 14.3 Å². The zero-order chi connectivity index (χ0) is 26.7. The Morgan fingerprint density at radius 2 is 1.86 bits per heavy atom. The van der Waals surface area contributed by atoms with Crippen molar-refractivity contribution in [2.24, 2.45) is 5.92 Å². The summed E-state index contributed by atoms with van der Waals surface area (Å²) in [5.41, 5.74) is 4.65. The normalized spacial score (nSPS) is 16.6. The lowest BCUT2D eigenvalue weighted by Crippen LogP contribution is -2.37. The molecule has 1 fully saturated rings. The predicted octanol–water partition coefficient (Wildman–Crippen LogP) is 6.99. The van der Waals surface area contributed by atoms with Gasteiger partial charge in [0.15, 0.2) is 5.82 Å². The number of methoxy groups -OCH3 is 1. The molecule has 0 aliphatic carbocycles. The maximum atomic E-state index is 12.3. The number of carbonyl (C=O) groups is 1. The highest BCUT2D eigenvalue weighted by molar-refractivity contribution is 5.89. The molecular weight excluding hydrogens is 464 g/mol. The fourth-order valence-corrected chi connectivity index (χ4v) is 4.54. The number of hydrogen-bond donors (Lipinski definition) is 1. The molecule has 7 heteroatoms. The first-order valence-corrected chi connectivity index (χ1v) is 13.0. The summed E-state index contributed by atoms with van der Waals surface area (Å²) in [6, 6.07) is 14.9. The van der Waals surface area contributed by atoms with Crippen LogP contribution in [0, 0.1) is 5.92 Å². The van der Waals surface area contributed by atoms with Gasteiger partial charge in [0.1, 0.15) is 18.2 Å². The summed E-state index contributed by atoms with van der Waals surface area (Å²) in [4.78, 5) is 22.9. The third kappa shape index (κ3) is 5.55. The van der Waals surface area contributed by atoms with Gasteiger partial charge in [0, 0.05) is 11.6 Å². The summed E-state index contributed by atoms with van der Waals surface area (Å²) >= 11 is 0. The van der Waals surface area contributed by atoms with Gasteiger partial charge >= 0.3 is 6.09 Å². The molecule has 0 spiro atoms. The van der Waals surface area contributed by atoms with Crippen molar-refractivity contribution >= 4 is 17.7 Å². The van der Waals surface area contributed by atoms with E-state index in [1.54, 1.807) is 24.4 Å². The van der Waals surface area contributed by atoms with E-state index in [1.807, 2.05) is 0 Å². The van der Waals surface area contributed by atoms with Gasteiger partial charge in [-0.25, -0.2) is 9.78 Å². The lowest BCUT2D eigenvalue weighted by atomic mass is 9.81. The van der Waals surface area contributed by atoms with Crippen molar-refractivity contribution in [3.63, 3.8) is 0 Å². The largest absolute Gasteiger partial charge is 0.496 e. The lowest BCUT2D eigenvalue weighted by molar-refractivity contribution is 0.177. The van der Waals surface area contributed by atoms with Crippen molar-refractivity contribution in [3.05, 3.63) is 66.0 Å². The van der Waals surface area contributed by atoms with E-state index >= 15 is 0 Å². The van der Waals surface area contributed by atoms with Crippen molar-refractivity contribution in [2.45, 2.75) is 65.5 Å². The van der Waals surface area contributed by atoms with E-state index in [9.17, 15) is 4.79 Å². The number of nitrogens with one attached hydrogen (secondary N) is 1. The van der Waals surface area contributed by atoms with Gasteiger partial charge < -0.3 is 14.8 Å². The molecule has 0 bridgehead atoms. The van der Waals surface area contributed by atoms with E-state index in [1.165, 1.54) is 5.56 Å². The molecule has 0 radical (unpaired) electrons. The fraction of sp³-hybridized carbons (Fsp3) is 0.433. The Bertz CT molecular complexity index is 1240. The highest BCUT2D eigenvalue weighted by Crippen LogP contribution is 2.36. The summed E-state index contributed by atoms with van der Waals surface area (Å²) < 4.78 is 11.0. The Kier molecular flexibility index (Phi) is 7.71. The van der Waals surface area contributed by atoms with E-state index in [2.05, 4.69) is 99.3 Å². The molecule has 4 rings (SSSR count). The monoisotopic (exact) mass is 502 g/mol. The van der Waals surface area contributed by atoms with Crippen LogP contribution in [-0.2, 0) is 10.2 Å². The molecule has 7 nitrogen and oxygen atoms in total. The smallest absolute Gasteiger partial charge is 0.415 e. The average Bonchev–Trinajstić information content (AvgIpc) is 3.30. The highest BCUT2D eigenvalue weighted by atomic mass is 16.6. The summed E-state index contributed by atoms with van der Waals surface area (Å²) in [6.45, 7) is 13.3. The molecule has 1 amide bonds. The summed E-state index contributed by atoms with van der Waals surface area (Å²) in [6.07, 6.45) is 3.95. The van der Waals surface area contributed by atoms with Crippen LogP contribution < -0.4 is 15.0 Å². The molecule has 2 heterocycles. The van der Waals surface area contributed by atoms with Crippen molar-refractivity contribution in [2.75, 3.05) is 23.9 Å². The zero-order valence-electron chi connectivity index (χ0n) is 22.9. The minimum atomic E-state index is -0.379. The van der Waals surface area contributed by atoms with Crippen molar-refractivity contribution in [3.8, 4) is 16.9 Å². The molecule has 196 valence electrons. The van der Waals surface area contributed by atoms with Gasteiger partial charge in [0.05, 0.1) is 25.5 Å². The Hall–Kier alpha value is -3.61. The molecule has 1 saturated heterocycles. The van der Waals surface area contributed by atoms with Gasteiger partial charge in [-0.2, -0.15) is 0 Å². The maximum Gasteiger partial charge on any atom is 0.415 e. The van der Waals surface area contributed by atoms with Gasteiger partial charge in [-0.05, 0) is 47.4 Å². The number of anilines is 2. The molecular formula is C30H38N4O3. The van der Waals surface area contributed by atoms with Crippen molar-refractivity contribution in [1.82, 2.24) is 9.97 Å². The topological polar surface area (TPSA) is 76.6 Å². The zero-order valence-corrected chi connectivity index (χ0v) is 22.9. The molecule has 0 saturated carbocycles. The Morgan fingerprint density at radius 3 is 2.51 bits per heavy atom. The Morgan fingerprint density at radius 1 is 1.14 bits per heavy atom. The molecule has 2 atom stereocenters. The summed E-state index contributed by atoms with van der Waals surface area (Å²) in [7, 11) is 1.72. The maximum absolute atomic E-state index is 12.3. The molecule has 1 aliphatic heterocycles. The van der Waals surface area contributed by atoms with Gasteiger partial charge in [0.2, 0.25) is 0 Å². The van der Waals surface area contributed by atoms with Crippen LogP contribution in [0.15, 0.2) is 54.9 Å². The van der Waals surface area contributed by atoms with Crippen LogP contribution in [0.2, 0.25) is 0 Å². The molecule has 37 heavy (non-hydrogen) atoms. The van der Waals surface area contributed by atoms with Crippen LogP contribution in [0.4, 0.5) is 16.4 Å². The second-order valence-corrected chi connectivity index (χ2v) is 10.7. The molecule has 0 unspecified atom stereocenters. The second kappa shape index (κ2) is 10.8. The Balaban J connectivity index is 1.51. The first kappa shape index (κ1) is 26.5. The SMILES string of the molecule is CCC(C)(C)c1ccc(-c2ccc([C@H](C)Nc3cncc(N4C(=O)OC[C@@H]4C(C)C)n3)cc2)c(OC)c1. The van der Waals surface area contributed by atoms with Crippen LogP contribution in [0.5, 0.6) is 5.75 Å². The van der Waals surface area contributed by atoms with Crippen LogP contribution in [0.1, 0.15) is 65.1 Å². The van der Waals surface area contributed by atoms with Crippen molar-refractivity contribution in [1.29, 1.82) is 0 Å². The quantitative estimate of drug-likeness (QED) is 0.340. The third-order valence-corrected chi connectivity index (χ3v) is 7.50. The number of rotatable bonds is 9. The van der Waals surface area contributed by atoms with Crippen LogP contribution in [0.3, 0.4) is 0 Å². The summed E-state index contributed by atoms with van der Waals surface area (Å²) in [5, 5.41) is 3.42. The molecule has 3 aromatic rings. The fourth-order valence-electron chi connectivity index (χ4n) is 4.54. The van der Waals surface area contributed by atoms with Gasteiger partial charge in [-0.1, -0.05) is 71.0 Å². The van der Waals surface area contributed by atoms with Crippen LogP contribution in [0.25, 0.3) is 11.1 Å². The van der Waals surface area contributed by atoms with Gasteiger partial charge in [0.25, 0.3) is 0 Å². The van der Waals surface area contributed by atoms with E-state index < -0.39 is 0 Å². The third-order valence-electron chi connectivity index (χ3n) is 7.50. The number of cyclic esters (lactones) is 1. The highest BCUT2D eigenvalue weighted by Gasteiger charge is 2.37. The standard InChI is InChI=1S/C30H38N4O3/c1-8-30(5,6)23-13-14-24(26(15-23)36-7)22-11-9-21(10-12-22)20(4)32-27-16-31-17-28(33-27)34-25(19(2)3)18-37-29(34)35/h9-17,19-20,25H,8,18H2,1-7H3,(H,32,33)/t20-,25+/m0/s1. The second-order valence-electron chi connectivity index (χ2n) is 10.7. The van der Waals surface area contributed by atoms with Gasteiger partial charge in [-0.3, -0.25) is 9.88 Å². The van der Waals surface area contributed by atoms with Crippen LogP contribution >= 0.6 is 0 Å². The van der Waals surface area contributed by atoms with E-state index in [0.29, 0.717) is 18.2 Å². The molecule has 1 N–H and O–H groups in total. The van der Waals surface area contributed by atoms with E-state index in [0.717, 1.165) is 28.9 Å². The first-order chi connectivity index (χ1) is 17.6.